The standard InChI is InChI=1S/C68H120N18O20S3/c1-14-35(10)52(66(103)77-40(18-15-16-22-69)57(94)84-53(37(12)87)64(101)73-27-49(91)86-23-17-19-46(86)62(99)74-36(11)55(92)80-45(30-109)68(105)106)83-58(95)41(20-21-47(71)89)76-60(97)43(28-107)79-67(104)54(38(13)88)85-61(98)44(29-108)78-59(96)42(25-32(4)5)75-48(90)26-72-63(100)50(33(6)7)82-65(102)51(34(8)9)81-56(93)39(70)24-31(2)3/h31-46,50-54,87-88,107-109H,14-30,69-70H2,1-13H3,(H2,71,89)(H,72,100)(H,73,101)(H,74,99)(H,75,90)(H,76,97)(H,77,103)(H,78,96)(H,79,104)(H,80,92)(H,81,93)(H,82,102)(H,83,95)(H,84,94)(H,85,98)(H,105,106)/t35-,36-,37+,38+,39-,40-,41-,42-,43-,44-,45-,46-,50-,51-,52-,53-,54-/m0/s1. The molecule has 1 fully saturated rings. The molecule has 1 heterocycles. The van der Waals surface area contributed by atoms with Crippen LogP contribution in [0.4, 0.5) is 0 Å². The number of unbranched alkanes of at least 4 members (excludes halogenated alkanes) is 1. The molecule has 1 saturated heterocycles. The van der Waals surface area contributed by atoms with Crippen molar-refractivity contribution in [2.45, 2.75) is 251 Å². The number of carboxylic acids is 1. The lowest BCUT2D eigenvalue weighted by Gasteiger charge is -2.30. The monoisotopic (exact) mass is 1600 g/mol. The van der Waals surface area contributed by atoms with E-state index in [1.54, 1.807) is 55.4 Å². The first-order valence-corrected chi connectivity index (χ1v) is 38.5. The van der Waals surface area contributed by atoms with Crippen molar-refractivity contribution in [3.63, 3.8) is 0 Å². The van der Waals surface area contributed by atoms with Crippen molar-refractivity contribution in [3.8, 4) is 0 Å². The van der Waals surface area contributed by atoms with E-state index in [2.05, 4.69) is 112 Å². The average Bonchev–Trinajstić information content (AvgIpc) is 1.58. The number of likely N-dealkylation sites (tertiary alicyclic amines) is 1. The number of hydrogen-bond donors (Lipinski definition) is 23. The minimum Gasteiger partial charge on any atom is -0.480 e. The van der Waals surface area contributed by atoms with E-state index < -0.39 is 252 Å². The summed E-state index contributed by atoms with van der Waals surface area (Å²) in [6, 6.07) is -19.5. The summed E-state index contributed by atoms with van der Waals surface area (Å²) in [5.74, 6) is -18.6. The summed E-state index contributed by atoms with van der Waals surface area (Å²) in [7, 11) is 0. The molecule has 0 aromatic heterocycles. The fourth-order valence-electron chi connectivity index (χ4n) is 11.0. The third-order valence-corrected chi connectivity index (χ3v) is 18.7. The number of nitrogens with two attached hydrogens (primary N) is 3. The second-order valence-electron chi connectivity index (χ2n) is 28.7. The van der Waals surface area contributed by atoms with Gasteiger partial charge >= 0.3 is 5.97 Å². The fourth-order valence-corrected chi connectivity index (χ4v) is 11.8. The Morgan fingerprint density at radius 1 is 0.459 bits per heavy atom. The molecule has 38 nitrogen and oxygen atoms in total. The van der Waals surface area contributed by atoms with Gasteiger partial charge < -0.3 is 112 Å². The molecule has 0 spiro atoms. The number of rotatable bonds is 50. The van der Waals surface area contributed by atoms with Crippen LogP contribution in [0.25, 0.3) is 0 Å². The highest BCUT2D eigenvalue weighted by Crippen LogP contribution is 2.19. The lowest BCUT2D eigenvalue weighted by Crippen LogP contribution is -2.63. The molecule has 0 saturated carbocycles. The van der Waals surface area contributed by atoms with Gasteiger partial charge in [-0.1, -0.05) is 75.7 Å². The highest BCUT2D eigenvalue weighted by atomic mass is 32.1. The van der Waals surface area contributed by atoms with Crippen molar-refractivity contribution in [1.29, 1.82) is 0 Å². The number of hydrogen-bond acceptors (Lipinski definition) is 24. The quantitative estimate of drug-likeness (QED) is 0.0199. The molecule has 1 aliphatic rings. The Morgan fingerprint density at radius 3 is 1.37 bits per heavy atom. The molecule has 0 radical (unpaired) electrons. The van der Waals surface area contributed by atoms with E-state index in [0.29, 0.717) is 19.3 Å². The van der Waals surface area contributed by atoms with Crippen molar-refractivity contribution in [3.05, 3.63) is 0 Å². The third-order valence-electron chi connectivity index (χ3n) is 17.6. The second-order valence-corrected chi connectivity index (χ2v) is 29.8. The van der Waals surface area contributed by atoms with Crippen LogP contribution in [0.5, 0.6) is 0 Å². The van der Waals surface area contributed by atoms with Crippen LogP contribution in [0, 0.1) is 29.6 Å². The van der Waals surface area contributed by atoms with E-state index in [0.717, 1.165) is 18.7 Å². The first kappa shape index (κ1) is 98.9. The van der Waals surface area contributed by atoms with Crippen LogP contribution in [0.3, 0.4) is 0 Å². The van der Waals surface area contributed by atoms with E-state index >= 15 is 0 Å². The molecular weight excluding hydrogens is 1490 g/mol. The Bertz CT molecular complexity index is 3120. The molecule has 0 aromatic carbocycles. The van der Waals surface area contributed by atoms with Gasteiger partial charge in [-0.25, -0.2) is 4.79 Å². The first-order valence-electron chi connectivity index (χ1n) is 36.6. The number of amides is 16. The molecule has 109 heavy (non-hydrogen) atoms. The number of primary amides is 1. The van der Waals surface area contributed by atoms with E-state index in [1.807, 2.05) is 13.8 Å². The second kappa shape index (κ2) is 49.9. The number of carbonyl (C=O) groups excluding carboxylic acids is 16. The van der Waals surface area contributed by atoms with Crippen LogP contribution in [0.1, 0.15) is 154 Å². The minimum absolute atomic E-state index is 0.00962. The molecule has 16 amide bonds. The van der Waals surface area contributed by atoms with Gasteiger partial charge in [0.25, 0.3) is 0 Å². The number of carbonyl (C=O) groups is 17. The fraction of sp³-hybridized carbons (Fsp3) is 0.750. The topological polar surface area (TPSA) is 601 Å². The van der Waals surface area contributed by atoms with Crippen LogP contribution in [-0.4, -0.2) is 261 Å². The Morgan fingerprint density at radius 2 is 0.872 bits per heavy atom. The predicted octanol–water partition coefficient (Wildman–Crippen LogP) is -6.14. The lowest BCUT2D eigenvalue weighted by molar-refractivity contribution is -0.142. The van der Waals surface area contributed by atoms with Crippen LogP contribution in [-0.2, 0) is 81.5 Å². The number of aliphatic hydroxyl groups excluding tert-OH is 2. The van der Waals surface area contributed by atoms with Gasteiger partial charge in [-0.05, 0) is 108 Å². The van der Waals surface area contributed by atoms with Crippen molar-refractivity contribution in [1.82, 2.24) is 79.3 Å². The normalized spacial score (nSPS) is 17.2. The predicted molar refractivity (Wildman–Crippen MR) is 410 cm³/mol. The van der Waals surface area contributed by atoms with E-state index in [1.165, 1.54) is 6.92 Å². The number of nitrogens with zero attached hydrogens (tertiary/aromatic N) is 1. The summed E-state index contributed by atoms with van der Waals surface area (Å²) in [5, 5.41) is 65.4. The molecule has 17 atom stereocenters. The maximum Gasteiger partial charge on any atom is 0.327 e. The van der Waals surface area contributed by atoms with Crippen molar-refractivity contribution < 1.29 is 96.8 Å². The molecule has 0 unspecified atom stereocenters. The van der Waals surface area contributed by atoms with Crippen LogP contribution < -0.4 is 91.6 Å². The van der Waals surface area contributed by atoms with Crippen molar-refractivity contribution in [2.24, 2.45) is 46.8 Å². The van der Waals surface area contributed by atoms with Gasteiger partial charge in [0.2, 0.25) is 94.5 Å². The summed E-state index contributed by atoms with van der Waals surface area (Å²) in [5.41, 5.74) is 17.3. The van der Waals surface area contributed by atoms with Crippen LogP contribution >= 0.6 is 37.9 Å². The molecule has 0 aromatic rings. The largest absolute Gasteiger partial charge is 0.480 e. The van der Waals surface area contributed by atoms with Gasteiger partial charge in [0.05, 0.1) is 31.3 Å². The summed E-state index contributed by atoms with van der Waals surface area (Å²) in [6.45, 7) is 19.6. The zero-order valence-corrected chi connectivity index (χ0v) is 67.1. The number of aliphatic carboxylic acids is 1. The lowest BCUT2D eigenvalue weighted by atomic mass is 9.96. The maximum atomic E-state index is 14.4. The maximum absolute atomic E-state index is 14.4. The minimum atomic E-state index is -1.85. The van der Waals surface area contributed by atoms with Crippen LogP contribution in [0.2, 0.25) is 0 Å². The van der Waals surface area contributed by atoms with Gasteiger partial charge in [0.15, 0.2) is 0 Å². The number of aliphatic hydroxyl groups is 2. The molecule has 0 aliphatic carbocycles. The summed E-state index contributed by atoms with van der Waals surface area (Å²) >= 11 is 12.3. The van der Waals surface area contributed by atoms with Gasteiger partial charge in [-0.2, -0.15) is 37.9 Å². The Balaban J connectivity index is 3.31. The molecule has 0 bridgehead atoms. The van der Waals surface area contributed by atoms with Gasteiger partial charge in [0, 0.05) is 30.2 Å². The molecule has 1 rings (SSSR count). The molecule has 1 aliphatic heterocycles. The van der Waals surface area contributed by atoms with E-state index in [9.17, 15) is 96.8 Å². The average molecular weight is 1610 g/mol. The first-order chi connectivity index (χ1) is 50.9. The highest BCUT2D eigenvalue weighted by molar-refractivity contribution is 7.80. The van der Waals surface area contributed by atoms with Crippen LogP contribution in [0.15, 0.2) is 0 Å². The Labute approximate surface area is 652 Å². The third kappa shape index (κ3) is 34.8. The smallest absolute Gasteiger partial charge is 0.327 e. The Kier molecular flexibility index (Phi) is 45.3. The van der Waals surface area contributed by atoms with Gasteiger partial charge in [0.1, 0.15) is 78.5 Å². The highest BCUT2D eigenvalue weighted by Gasteiger charge is 2.41. The molecule has 23 N–H and O–H groups in total. The summed E-state index contributed by atoms with van der Waals surface area (Å²) in [6.07, 6.45) is -2.70. The summed E-state index contributed by atoms with van der Waals surface area (Å²) in [4.78, 5) is 230. The number of carboxylic acid groups (broad SMARTS) is 1. The van der Waals surface area contributed by atoms with Gasteiger partial charge in [-0.3, -0.25) is 76.7 Å². The van der Waals surface area contributed by atoms with Gasteiger partial charge in [-0.15, -0.1) is 0 Å². The van der Waals surface area contributed by atoms with E-state index in [4.69, 9.17) is 17.2 Å². The van der Waals surface area contributed by atoms with Crippen molar-refractivity contribution >= 4 is 138 Å². The summed E-state index contributed by atoms with van der Waals surface area (Å²) < 4.78 is 0. The zero-order valence-electron chi connectivity index (χ0n) is 64.4. The SMILES string of the molecule is CC[C@H](C)[C@H](NC(=O)[C@H](CCC(N)=O)NC(=O)[C@H](CS)NC(=O)[C@@H](NC(=O)[C@H](CS)NC(=O)[C@H](CC(C)C)NC(=O)CNC(=O)[C@@H](NC(=O)[C@@H](NC(=O)[C@@H](N)CC(C)C)C(C)C)C(C)C)[C@@H](C)O)C(=O)N[C@@H](CCCCN)C(=O)N[C@H](C(=O)NCC(=O)N1CCC[C@H]1C(=O)N[C@@H](C)C(=O)N[C@@H](CS)C(=O)O)[C@@H](C)O. The van der Waals surface area contributed by atoms with Crippen molar-refractivity contribution in [2.75, 3.05) is 43.4 Å². The Hall–Kier alpha value is -8.12. The zero-order chi connectivity index (χ0) is 83.4. The number of thiol groups is 3. The molecule has 41 heteroatoms. The van der Waals surface area contributed by atoms with E-state index in [-0.39, 0.29) is 62.8 Å². The number of nitrogens with one attached hydrogen (secondary N) is 14. The molecular formula is C68H120N18O20S3. The molecule has 620 valence electrons.